The maximum Gasteiger partial charge on any atom is 0.341 e. The van der Waals surface area contributed by atoms with Crippen molar-refractivity contribution in [3.05, 3.63) is 35.7 Å². The van der Waals surface area contributed by atoms with E-state index in [1.165, 1.54) is 14.2 Å². The minimum absolute atomic E-state index is 0.0252. The van der Waals surface area contributed by atoms with Gasteiger partial charge in [0.2, 0.25) is 5.91 Å². The van der Waals surface area contributed by atoms with E-state index in [1.807, 2.05) is 25.1 Å². The number of carbonyl (C=O) groups is 2. The van der Waals surface area contributed by atoms with Crippen LogP contribution in [0.3, 0.4) is 0 Å². The molecule has 0 bridgehead atoms. The Morgan fingerprint density at radius 3 is 2.52 bits per heavy atom. The third-order valence-electron chi connectivity index (χ3n) is 4.96. The Hall–Kier alpha value is -2.46. The number of ether oxygens (including phenoxy) is 2. The number of nitrogens with one attached hydrogen (secondary N) is 2. The van der Waals surface area contributed by atoms with Crippen molar-refractivity contribution in [2.24, 2.45) is 5.92 Å². The Bertz CT molecular complexity index is 1180. The van der Waals surface area contributed by atoms with Crippen molar-refractivity contribution >= 4 is 68.6 Å². The SMILES string of the molecule is CC.COC(=O)c1cccc(Nc2cc(NC(=O)C3CC3)nc3c2nc(C)n3PI)c1OC. The van der Waals surface area contributed by atoms with Gasteiger partial charge in [0.25, 0.3) is 0 Å². The Morgan fingerprint density at radius 2 is 1.91 bits per heavy atom. The van der Waals surface area contributed by atoms with E-state index in [-0.39, 0.29) is 11.8 Å². The molecule has 0 spiro atoms. The second kappa shape index (κ2) is 11.1. The van der Waals surface area contributed by atoms with Gasteiger partial charge in [-0.2, -0.15) is 0 Å². The smallest absolute Gasteiger partial charge is 0.341 e. The summed E-state index contributed by atoms with van der Waals surface area (Å²) in [6, 6.07) is 6.92. The molecule has 1 aliphatic rings. The van der Waals surface area contributed by atoms with Crippen LogP contribution in [-0.2, 0) is 9.53 Å². The highest BCUT2D eigenvalue weighted by molar-refractivity contribution is 14.2. The van der Waals surface area contributed by atoms with Gasteiger partial charge in [-0.05, 0) is 53.9 Å². The molecule has 2 aromatic heterocycles. The highest BCUT2D eigenvalue weighted by Gasteiger charge is 2.30. The summed E-state index contributed by atoms with van der Waals surface area (Å²) in [5.41, 5.74) is 2.86. The number of methoxy groups -OCH3 is 2. The molecular formula is C22H27IN5O4P. The zero-order valence-corrected chi connectivity index (χ0v) is 22.3. The zero-order valence-electron chi connectivity index (χ0n) is 19.2. The van der Waals surface area contributed by atoms with Crippen molar-refractivity contribution in [1.29, 1.82) is 0 Å². The summed E-state index contributed by atoms with van der Waals surface area (Å²) in [7, 11) is 2.82. The second-order valence-electron chi connectivity index (χ2n) is 7.07. The first-order valence-electron chi connectivity index (χ1n) is 10.6. The molecule has 33 heavy (non-hydrogen) atoms. The van der Waals surface area contributed by atoms with Crippen molar-refractivity contribution in [3.8, 4) is 5.75 Å². The van der Waals surface area contributed by atoms with Gasteiger partial charge in [0.05, 0.1) is 32.0 Å². The number of carbonyl (C=O) groups excluding carboxylic acids is 2. The first-order chi connectivity index (χ1) is 16.0. The van der Waals surface area contributed by atoms with Crippen molar-refractivity contribution in [2.45, 2.75) is 33.6 Å². The maximum atomic E-state index is 12.3. The van der Waals surface area contributed by atoms with Crippen LogP contribution >= 0.6 is 28.4 Å². The van der Waals surface area contributed by atoms with Crippen LogP contribution < -0.4 is 15.4 Å². The van der Waals surface area contributed by atoms with Gasteiger partial charge in [0.15, 0.2) is 11.4 Å². The van der Waals surface area contributed by atoms with Crippen molar-refractivity contribution in [2.75, 3.05) is 24.9 Å². The summed E-state index contributed by atoms with van der Waals surface area (Å²) in [4.78, 5) is 33.8. The summed E-state index contributed by atoms with van der Waals surface area (Å²) in [5, 5.41) is 6.22. The van der Waals surface area contributed by atoms with E-state index in [0.717, 1.165) is 18.7 Å². The largest absolute Gasteiger partial charge is 0.494 e. The van der Waals surface area contributed by atoms with Gasteiger partial charge in [-0.1, -0.05) is 19.9 Å². The molecule has 3 aromatic rings. The molecule has 0 aliphatic heterocycles. The highest BCUT2D eigenvalue weighted by atomic mass is 127. The minimum atomic E-state index is -0.496. The number of fused-ring (bicyclic) bond motifs is 1. The van der Waals surface area contributed by atoms with E-state index in [1.54, 1.807) is 24.3 Å². The Balaban J connectivity index is 0.00000149. The Labute approximate surface area is 207 Å². The number of pyridine rings is 1. The number of esters is 1. The first-order valence-corrected chi connectivity index (χ1v) is 14.6. The number of imidazole rings is 1. The molecule has 1 unspecified atom stereocenters. The third kappa shape index (κ3) is 5.38. The molecule has 2 N–H and O–H groups in total. The lowest BCUT2D eigenvalue weighted by Crippen LogP contribution is -2.14. The molecule has 0 saturated heterocycles. The normalized spacial score (nSPS) is 12.9. The van der Waals surface area contributed by atoms with E-state index in [4.69, 9.17) is 9.47 Å². The quantitative estimate of drug-likeness (QED) is 0.217. The van der Waals surface area contributed by atoms with Gasteiger partial charge in [-0.25, -0.2) is 14.8 Å². The van der Waals surface area contributed by atoms with Gasteiger partial charge in [-0.15, -0.1) is 0 Å². The van der Waals surface area contributed by atoms with E-state index >= 15 is 0 Å². The average Bonchev–Trinajstić information content (AvgIpc) is 3.63. The van der Waals surface area contributed by atoms with E-state index in [9.17, 15) is 9.59 Å². The molecule has 1 amide bonds. The lowest BCUT2D eigenvalue weighted by Gasteiger charge is -2.15. The zero-order chi connectivity index (χ0) is 24.1. The number of aryl methyl sites for hydroxylation is 1. The molecule has 1 fully saturated rings. The fraction of sp³-hybridized carbons (Fsp3) is 0.364. The number of hydrogen-bond acceptors (Lipinski definition) is 7. The van der Waals surface area contributed by atoms with Gasteiger partial charge < -0.3 is 20.1 Å². The van der Waals surface area contributed by atoms with Crippen LogP contribution in [0.5, 0.6) is 5.75 Å². The molecule has 1 saturated carbocycles. The van der Waals surface area contributed by atoms with Crippen molar-refractivity contribution in [1.82, 2.24) is 14.3 Å². The standard InChI is InChI=1S/C20H21IN5O4P.C2H6/c1-10-22-16-14(23-13-6-4-5-12(17(13)29-2)20(28)30-3)9-15(24-18(16)26(10)31-21)25-19(27)11-7-8-11;1-2/h4-6,9,11,31H,7-8H2,1-3H3,(H2,23,24,25,27);1-2H3. The molecular weight excluding hydrogens is 556 g/mol. The highest BCUT2D eigenvalue weighted by Crippen LogP contribution is 2.38. The lowest BCUT2D eigenvalue weighted by atomic mass is 10.1. The summed E-state index contributed by atoms with van der Waals surface area (Å²) >= 11 is 2.28. The van der Waals surface area contributed by atoms with Crippen LogP contribution in [0.15, 0.2) is 24.3 Å². The van der Waals surface area contributed by atoms with Crippen molar-refractivity contribution in [3.63, 3.8) is 0 Å². The molecule has 1 atom stereocenters. The molecule has 4 rings (SSSR count). The van der Waals surface area contributed by atoms with Gasteiger partial charge in [-0.3, -0.25) is 9.13 Å². The predicted molar refractivity (Wildman–Crippen MR) is 140 cm³/mol. The summed E-state index contributed by atoms with van der Waals surface area (Å²) < 4.78 is 12.3. The number of halogens is 1. The van der Waals surface area contributed by atoms with Crippen LogP contribution in [0.25, 0.3) is 11.2 Å². The van der Waals surface area contributed by atoms with Crippen LogP contribution in [0.4, 0.5) is 17.2 Å². The fourth-order valence-electron chi connectivity index (χ4n) is 3.26. The number of hydrogen-bond donors (Lipinski definition) is 2. The van der Waals surface area contributed by atoms with E-state index in [0.29, 0.717) is 46.0 Å². The molecule has 0 radical (unpaired) electrons. The monoisotopic (exact) mass is 583 g/mol. The Morgan fingerprint density at radius 1 is 1.18 bits per heavy atom. The summed E-state index contributed by atoms with van der Waals surface area (Å²) in [5.74, 6) is 1.16. The van der Waals surface area contributed by atoms with Crippen molar-refractivity contribution < 1.29 is 19.1 Å². The molecule has 2 heterocycles. The van der Waals surface area contributed by atoms with Crippen LogP contribution in [0, 0.1) is 12.8 Å². The van der Waals surface area contributed by atoms with Crippen LogP contribution in [0.1, 0.15) is 42.9 Å². The van der Waals surface area contributed by atoms with Gasteiger partial charge >= 0.3 is 5.97 Å². The van der Waals surface area contributed by atoms with Crippen LogP contribution in [0.2, 0.25) is 0 Å². The first kappa shape index (κ1) is 25.2. The molecule has 176 valence electrons. The number of para-hydroxylation sites is 1. The van der Waals surface area contributed by atoms with E-state index in [2.05, 4.69) is 42.6 Å². The lowest BCUT2D eigenvalue weighted by molar-refractivity contribution is -0.117. The summed E-state index contributed by atoms with van der Waals surface area (Å²) in [6.07, 6.45) is 2.21. The van der Waals surface area contributed by atoms with Gasteiger partial charge in [0.1, 0.15) is 22.7 Å². The number of anilines is 3. The minimum Gasteiger partial charge on any atom is -0.494 e. The Kier molecular flexibility index (Phi) is 8.47. The predicted octanol–water partition coefficient (Wildman–Crippen LogP) is 5.44. The molecule has 1 aromatic carbocycles. The number of benzene rings is 1. The van der Waals surface area contributed by atoms with Gasteiger partial charge in [0, 0.05) is 12.0 Å². The molecule has 1 aliphatic carbocycles. The number of rotatable bonds is 7. The fourth-order valence-corrected chi connectivity index (χ4v) is 5.40. The topological polar surface area (TPSA) is 107 Å². The summed E-state index contributed by atoms with van der Waals surface area (Å²) in [6.45, 7) is 5.91. The number of aromatic nitrogens is 3. The maximum absolute atomic E-state index is 12.3. The third-order valence-corrected chi connectivity index (χ3v) is 7.11. The van der Waals surface area contributed by atoms with Crippen LogP contribution in [-0.4, -0.2) is 40.4 Å². The van der Waals surface area contributed by atoms with E-state index < -0.39 is 5.97 Å². The molecule has 11 heteroatoms. The average molecular weight is 583 g/mol. The number of amides is 1. The second-order valence-corrected chi connectivity index (χ2v) is 9.14. The molecule has 9 nitrogen and oxygen atoms in total. The number of nitrogens with zero attached hydrogens (tertiary/aromatic N) is 3.